The number of carbonyl (C=O) groups excluding carboxylic acids is 1. The van der Waals surface area contributed by atoms with Crippen LogP contribution in [0.3, 0.4) is 0 Å². The highest BCUT2D eigenvalue weighted by Crippen LogP contribution is 2.12. The van der Waals surface area contributed by atoms with Crippen molar-refractivity contribution < 1.29 is 14.3 Å². The fraction of sp³-hybridized carbons (Fsp3) is 0.0833. The van der Waals surface area contributed by atoms with Gasteiger partial charge >= 0.3 is 5.97 Å². The maximum atomic E-state index is 11.2. The number of hydrogen-bond acceptors (Lipinski definition) is 3. The summed E-state index contributed by atoms with van der Waals surface area (Å²) < 4.78 is 9.91. The topological polar surface area (TPSA) is 35.5 Å². The zero-order valence-electron chi connectivity index (χ0n) is 8.31. The molecule has 0 radical (unpaired) electrons. The predicted molar refractivity (Wildman–Crippen MR) is 57.4 cm³/mol. The van der Waals surface area contributed by atoms with Gasteiger partial charge < -0.3 is 9.47 Å². The van der Waals surface area contributed by atoms with E-state index in [1.807, 2.05) is 6.07 Å². The maximum absolute atomic E-state index is 11.2. The second kappa shape index (κ2) is 5.65. The summed E-state index contributed by atoms with van der Waals surface area (Å²) in [5.41, 5.74) is 0. The quantitative estimate of drug-likeness (QED) is 0.319. The lowest BCUT2D eigenvalue weighted by molar-refractivity contribution is -0.140. The molecular formula is C12H12O3. The van der Waals surface area contributed by atoms with Crippen LogP contribution in [-0.2, 0) is 9.53 Å². The average Bonchev–Trinajstić information content (AvgIpc) is 2.27. The van der Waals surface area contributed by atoms with Crippen LogP contribution in [0.4, 0.5) is 0 Å². The molecule has 0 spiro atoms. The summed E-state index contributed by atoms with van der Waals surface area (Å²) in [5.74, 6) is -0.0696. The van der Waals surface area contributed by atoms with Gasteiger partial charge in [-0.3, -0.25) is 0 Å². The molecule has 0 saturated carbocycles. The maximum Gasteiger partial charge on any atom is 0.373 e. The molecule has 1 aromatic carbocycles. The number of benzene rings is 1. The van der Waals surface area contributed by atoms with Crippen LogP contribution in [0, 0.1) is 0 Å². The third-order valence-electron chi connectivity index (χ3n) is 1.54. The molecule has 78 valence electrons. The summed E-state index contributed by atoms with van der Waals surface area (Å²) in [7, 11) is 0. The van der Waals surface area contributed by atoms with Crippen molar-refractivity contribution in [2.24, 2.45) is 0 Å². The summed E-state index contributed by atoms with van der Waals surface area (Å²) in [4.78, 5) is 11.2. The summed E-state index contributed by atoms with van der Waals surface area (Å²) >= 11 is 0. The number of para-hydroxylation sites is 1. The average molecular weight is 204 g/mol. The van der Waals surface area contributed by atoms with Gasteiger partial charge in [0.25, 0.3) is 0 Å². The Labute approximate surface area is 88.6 Å². The molecule has 0 fully saturated rings. The van der Waals surface area contributed by atoms with Crippen LogP contribution >= 0.6 is 0 Å². The molecule has 3 nitrogen and oxygen atoms in total. The van der Waals surface area contributed by atoms with Gasteiger partial charge in [-0.2, -0.15) is 0 Å². The van der Waals surface area contributed by atoms with Crippen LogP contribution in [0.15, 0.2) is 55.3 Å². The molecule has 0 heterocycles. The first kappa shape index (κ1) is 11.0. The molecule has 0 amide bonds. The smallest absolute Gasteiger partial charge is 0.373 e. The number of carbonyl (C=O) groups is 1. The fourth-order valence-electron chi connectivity index (χ4n) is 0.888. The lowest BCUT2D eigenvalue weighted by Gasteiger charge is -2.06. The molecule has 3 heteroatoms. The van der Waals surface area contributed by atoms with E-state index >= 15 is 0 Å². The van der Waals surface area contributed by atoms with Gasteiger partial charge in [0.05, 0.1) is 0 Å². The molecule has 0 aliphatic carbocycles. The van der Waals surface area contributed by atoms with Gasteiger partial charge in [0.15, 0.2) is 0 Å². The lowest BCUT2D eigenvalue weighted by Crippen LogP contribution is -2.11. The van der Waals surface area contributed by atoms with Gasteiger partial charge in [0, 0.05) is 0 Å². The Bertz CT molecular complexity index is 354. The SMILES string of the molecule is C=CCOC(=O)C(=C)Oc1ccccc1. The molecule has 15 heavy (non-hydrogen) atoms. The molecule has 0 saturated heterocycles. The predicted octanol–water partition coefficient (Wildman–Crippen LogP) is 2.31. The van der Waals surface area contributed by atoms with E-state index in [-0.39, 0.29) is 12.4 Å². The van der Waals surface area contributed by atoms with Crippen molar-refractivity contribution in [3.8, 4) is 5.75 Å². The van der Waals surface area contributed by atoms with E-state index in [1.54, 1.807) is 24.3 Å². The molecular weight excluding hydrogens is 192 g/mol. The Morgan fingerprint density at radius 1 is 1.33 bits per heavy atom. The Balaban J connectivity index is 2.49. The fourth-order valence-corrected chi connectivity index (χ4v) is 0.888. The molecule has 0 bridgehead atoms. The number of hydrogen-bond donors (Lipinski definition) is 0. The summed E-state index contributed by atoms with van der Waals surface area (Å²) in [5, 5.41) is 0. The van der Waals surface area contributed by atoms with E-state index in [0.29, 0.717) is 5.75 Å². The van der Waals surface area contributed by atoms with Crippen molar-refractivity contribution in [1.82, 2.24) is 0 Å². The molecule has 1 aromatic rings. The van der Waals surface area contributed by atoms with Crippen molar-refractivity contribution in [2.75, 3.05) is 6.61 Å². The number of esters is 1. The van der Waals surface area contributed by atoms with Crippen LogP contribution in [0.25, 0.3) is 0 Å². The standard InChI is InChI=1S/C12H12O3/c1-3-9-14-12(13)10(2)15-11-7-5-4-6-8-11/h3-8H,1-2,9H2. The van der Waals surface area contributed by atoms with Crippen LogP contribution < -0.4 is 4.74 Å². The van der Waals surface area contributed by atoms with E-state index in [1.165, 1.54) is 6.08 Å². The highest BCUT2D eigenvalue weighted by Gasteiger charge is 2.09. The molecule has 0 atom stereocenters. The number of rotatable bonds is 5. The van der Waals surface area contributed by atoms with Gasteiger partial charge in [0.2, 0.25) is 5.76 Å². The summed E-state index contributed by atoms with van der Waals surface area (Å²) in [6.45, 7) is 7.05. The van der Waals surface area contributed by atoms with E-state index in [0.717, 1.165) is 0 Å². The molecule has 0 aliphatic heterocycles. The molecule has 0 unspecified atom stereocenters. The van der Waals surface area contributed by atoms with E-state index < -0.39 is 5.97 Å². The zero-order valence-corrected chi connectivity index (χ0v) is 8.31. The minimum Gasteiger partial charge on any atom is -0.456 e. The largest absolute Gasteiger partial charge is 0.456 e. The highest BCUT2D eigenvalue weighted by molar-refractivity contribution is 5.86. The molecule has 0 aliphatic rings. The van der Waals surface area contributed by atoms with Gasteiger partial charge in [-0.1, -0.05) is 30.9 Å². The van der Waals surface area contributed by atoms with Gasteiger partial charge in [0.1, 0.15) is 12.4 Å². The molecule has 1 rings (SSSR count). The zero-order chi connectivity index (χ0) is 11.1. The van der Waals surface area contributed by atoms with Crippen molar-refractivity contribution in [2.45, 2.75) is 0 Å². The third kappa shape index (κ3) is 3.68. The van der Waals surface area contributed by atoms with Crippen LogP contribution in [0.2, 0.25) is 0 Å². The Morgan fingerprint density at radius 2 is 2.00 bits per heavy atom. The monoisotopic (exact) mass is 204 g/mol. The van der Waals surface area contributed by atoms with Crippen molar-refractivity contribution in [1.29, 1.82) is 0 Å². The second-order valence-corrected chi connectivity index (χ2v) is 2.73. The van der Waals surface area contributed by atoms with Crippen LogP contribution in [0.1, 0.15) is 0 Å². The van der Waals surface area contributed by atoms with E-state index in [2.05, 4.69) is 13.2 Å². The van der Waals surface area contributed by atoms with Crippen LogP contribution in [0.5, 0.6) is 5.75 Å². The second-order valence-electron chi connectivity index (χ2n) is 2.73. The highest BCUT2D eigenvalue weighted by atomic mass is 16.6. The Kier molecular flexibility index (Phi) is 4.16. The van der Waals surface area contributed by atoms with Crippen molar-refractivity contribution in [3.63, 3.8) is 0 Å². The van der Waals surface area contributed by atoms with E-state index in [9.17, 15) is 4.79 Å². The van der Waals surface area contributed by atoms with Crippen molar-refractivity contribution >= 4 is 5.97 Å². The lowest BCUT2D eigenvalue weighted by atomic mass is 10.3. The Morgan fingerprint density at radius 3 is 2.60 bits per heavy atom. The first-order valence-electron chi connectivity index (χ1n) is 4.44. The third-order valence-corrected chi connectivity index (χ3v) is 1.54. The molecule has 0 aromatic heterocycles. The normalized spacial score (nSPS) is 9.07. The van der Waals surface area contributed by atoms with Crippen LogP contribution in [-0.4, -0.2) is 12.6 Å². The first-order chi connectivity index (χ1) is 7.24. The molecule has 0 N–H and O–H groups in total. The van der Waals surface area contributed by atoms with Gasteiger partial charge in [-0.25, -0.2) is 4.79 Å². The van der Waals surface area contributed by atoms with Gasteiger partial charge in [-0.15, -0.1) is 0 Å². The minimum atomic E-state index is -0.584. The summed E-state index contributed by atoms with van der Waals surface area (Å²) in [6.07, 6.45) is 1.48. The number of ether oxygens (including phenoxy) is 2. The minimum absolute atomic E-state index is 0.0388. The van der Waals surface area contributed by atoms with Crippen molar-refractivity contribution in [3.05, 3.63) is 55.3 Å². The van der Waals surface area contributed by atoms with Gasteiger partial charge in [-0.05, 0) is 18.7 Å². The summed E-state index contributed by atoms with van der Waals surface area (Å²) in [6, 6.07) is 8.92. The first-order valence-corrected chi connectivity index (χ1v) is 4.44. The van der Waals surface area contributed by atoms with E-state index in [4.69, 9.17) is 9.47 Å². The Hall–Kier alpha value is -2.03.